The summed E-state index contributed by atoms with van der Waals surface area (Å²) in [5.41, 5.74) is 0.428. The van der Waals surface area contributed by atoms with Crippen molar-refractivity contribution in [3.8, 4) is 0 Å². The molecule has 0 aliphatic carbocycles. The molecule has 1 unspecified atom stereocenters. The van der Waals surface area contributed by atoms with Crippen molar-refractivity contribution in [3.05, 3.63) is 58.7 Å². The van der Waals surface area contributed by atoms with Crippen molar-refractivity contribution in [1.29, 1.82) is 0 Å². The Morgan fingerprint density at radius 2 is 2.07 bits per heavy atom. The second kappa shape index (κ2) is 4.90. The molecular formula is C10H10N2O3. The van der Waals surface area contributed by atoms with Gasteiger partial charge in [0.2, 0.25) is 5.91 Å². The fourth-order valence-corrected chi connectivity index (χ4v) is 1.09. The summed E-state index contributed by atoms with van der Waals surface area (Å²) < 4.78 is 0. The van der Waals surface area contributed by atoms with E-state index >= 15 is 0 Å². The van der Waals surface area contributed by atoms with Gasteiger partial charge in [-0.1, -0.05) is 36.9 Å². The van der Waals surface area contributed by atoms with Crippen molar-refractivity contribution in [2.45, 2.75) is 6.17 Å². The molecule has 5 heteroatoms. The highest BCUT2D eigenvalue weighted by Crippen LogP contribution is 2.12. The zero-order valence-corrected chi connectivity index (χ0v) is 7.92. The van der Waals surface area contributed by atoms with Crippen molar-refractivity contribution in [2.75, 3.05) is 0 Å². The predicted molar refractivity (Wildman–Crippen MR) is 54.5 cm³/mol. The normalized spacial score (nSPS) is 11.5. The van der Waals surface area contributed by atoms with E-state index in [0.717, 1.165) is 6.08 Å². The summed E-state index contributed by atoms with van der Waals surface area (Å²) >= 11 is 0. The lowest BCUT2D eigenvalue weighted by atomic mass is 10.2. The summed E-state index contributed by atoms with van der Waals surface area (Å²) in [4.78, 5) is 21.1. The molecule has 1 aromatic rings. The SMILES string of the molecule is C=CC(=O)NC(c1ccccc1)[N+](=O)[O-]. The van der Waals surface area contributed by atoms with Crippen LogP contribution in [0.3, 0.4) is 0 Å². The Hall–Kier alpha value is -2.17. The van der Waals surface area contributed by atoms with Gasteiger partial charge in [0.1, 0.15) is 0 Å². The van der Waals surface area contributed by atoms with Crippen LogP contribution >= 0.6 is 0 Å². The van der Waals surface area contributed by atoms with E-state index in [-0.39, 0.29) is 0 Å². The maximum atomic E-state index is 11.0. The van der Waals surface area contributed by atoms with Gasteiger partial charge >= 0.3 is 6.17 Å². The van der Waals surface area contributed by atoms with Gasteiger partial charge in [0.15, 0.2) is 0 Å². The third-order valence-electron chi connectivity index (χ3n) is 1.79. The van der Waals surface area contributed by atoms with Gasteiger partial charge in [-0.25, -0.2) is 0 Å². The van der Waals surface area contributed by atoms with Crippen LogP contribution in [-0.2, 0) is 4.79 Å². The van der Waals surface area contributed by atoms with Crippen molar-refractivity contribution in [1.82, 2.24) is 5.32 Å². The summed E-state index contributed by atoms with van der Waals surface area (Å²) in [6.07, 6.45) is -0.226. The number of amides is 1. The van der Waals surface area contributed by atoms with Crippen LogP contribution < -0.4 is 5.32 Å². The Labute approximate surface area is 86.6 Å². The van der Waals surface area contributed by atoms with Crippen LogP contribution in [0.2, 0.25) is 0 Å². The van der Waals surface area contributed by atoms with Gasteiger partial charge in [-0.15, -0.1) is 0 Å². The third kappa shape index (κ3) is 2.91. The highest BCUT2D eigenvalue weighted by molar-refractivity contribution is 5.87. The average Bonchev–Trinajstić information content (AvgIpc) is 2.26. The molecule has 0 radical (unpaired) electrons. The molecule has 0 aromatic heterocycles. The summed E-state index contributed by atoms with van der Waals surface area (Å²) in [5.74, 6) is -0.569. The Kier molecular flexibility index (Phi) is 3.56. The fourth-order valence-electron chi connectivity index (χ4n) is 1.09. The number of carbonyl (C=O) groups excluding carboxylic acids is 1. The summed E-state index contributed by atoms with van der Waals surface area (Å²) in [5, 5.41) is 12.9. The van der Waals surface area contributed by atoms with Crippen molar-refractivity contribution in [3.63, 3.8) is 0 Å². The molecule has 1 N–H and O–H groups in total. The van der Waals surface area contributed by atoms with E-state index in [1.54, 1.807) is 30.3 Å². The Morgan fingerprint density at radius 3 is 2.53 bits per heavy atom. The maximum Gasteiger partial charge on any atom is 0.313 e. The quantitative estimate of drug-likeness (QED) is 0.349. The molecule has 1 amide bonds. The van der Waals surface area contributed by atoms with Crippen molar-refractivity contribution < 1.29 is 9.72 Å². The first-order valence-electron chi connectivity index (χ1n) is 4.26. The molecule has 1 aromatic carbocycles. The first-order valence-corrected chi connectivity index (χ1v) is 4.26. The Morgan fingerprint density at radius 1 is 1.47 bits per heavy atom. The second-order valence-corrected chi connectivity index (χ2v) is 2.81. The topological polar surface area (TPSA) is 72.2 Å². The lowest BCUT2D eigenvalue weighted by Crippen LogP contribution is -2.32. The molecular weight excluding hydrogens is 196 g/mol. The van der Waals surface area contributed by atoms with E-state index in [4.69, 9.17) is 0 Å². The molecule has 0 saturated heterocycles. The van der Waals surface area contributed by atoms with E-state index < -0.39 is 17.0 Å². The largest absolute Gasteiger partial charge is 0.313 e. The second-order valence-electron chi connectivity index (χ2n) is 2.81. The van der Waals surface area contributed by atoms with E-state index in [9.17, 15) is 14.9 Å². The molecule has 0 spiro atoms. The molecule has 15 heavy (non-hydrogen) atoms. The summed E-state index contributed by atoms with van der Waals surface area (Å²) in [7, 11) is 0. The molecule has 0 bridgehead atoms. The number of nitrogens with zero attached hydrogens (tertiary/aromatic N) is 1. The minimum absolute atomic E-state index is 0.428. The van der Waals surface area contributed by atoms with E-state index in [2.05, 4.69) is 11.9 Å². The molecule has 0 saturated carbocycles. The highest BCUT2D eigenvalue weighted by atomic mass is 16.6. The third-order valence-corrected chi connectivity index (χ3v) is 1.79. The number of rotatable bonds is 4. The smallest absolute Gasteiger partial charge is 0.286 e. The van der Waals surface area contributed by atoms with Crippen LogP contribution in [-0.4, -0.2) is 10.8 Å². The van der Waals surface area contributed by atoms with Gasteiger partial charge in [-0.2, -0.15) is 0 Å². The van der Waals surface area contributed by atoms with Gasteiger partial charge in [0.25, 0.3) is 0 Å². The van der Waals surface area contributed by atoms with Crippen molar-refractivity contribution >= 4 is 5.91 Å². The number of hydrogen-bond donors (Lipinski definition) is 1. The summed E-state index contributed by atoms with van der Waals surface area (Å²) in [6, 6.07) is 8.25. The molecule has 1 atom stereocenters. The Bertz CT molecular complexity index is 376. The van der Waals surface area contributed by atoms with E-state index in [0.29, 0.717) is 5.56 Å². The molecule has 5 nitrogen and oxygen atoms in total. The molecule has 0 aliphatic rings. The number of benzene rings is 1. The van der Waals surface area contributed by atoms with Gasteiger partial charge in [0, 0.05) is 5.56 Å². The van der Waals surface area contributed by atoms with E-state index in [1.165, 1.54) is 0 Å². The summed E-state index contributed by atoms with van der Waals surface area (Å²) in [6.45, 7) is 3.23. The van der Waals surface area contributed by atoms with Gasteiger partial charge in [0.05, 0.1) is 4.92 Å². The molecule has 1 rings (SSSR count). The minimum Gasteiger partial charge on any atom is -0.286 e. The lowest BCUT2D eigenvalue weighted by molar-refractivity contribution is -0.533. The lowest BCUT2D eigenvalue weighted by Gasteiger charge is -2.09. The number of carbonyl (C=O) groups is 1. The number of nitro groups is 1. The van der Waals surface area contributed by atoms with Crippen LogP contribution in [0.25, 0.3) is 0 Å². The molecule has 0 heterocycles. The first kappa shape index (κ1) is 10.9. The fraction of sp³-hybridized carbons (Fsp3) is 0.100. The average molecular weight is 206 g/mol. The van der Waals surface area contributed by atoms with Crippen LogP contribution in [0, 0.1) is 10.1 Å². The highest BCUT2D eigenvalue weighted by Gasteiger charge is 2.23. The van der Waals surface area contributed by atoms with E-state index in [1.807, 2.05) is 0 Å². The zero-order chi connectivity index (χ0) is 11.3. The standard InChI is InChI=1S/C10H10N2O3/c1-2-9(13)11-10(12(14)15)8-6-4-3-5-7-8/h2-7,10H,1H2,(H,11,13). The maximum absolute atomic E-state index is 11.0. The van der Waals surface area contributed by atoms with Crippen LogP contribution in [0.4, 0.5) is 0 Å². The molecule has 78 valence electrons. The van der Waals surface area contributed by atoms with Crippen molar-refractivity contribution in [2.24, 2.45) is 0 Å². The predicted octanol–water partition coefficient (Wildman–Crippen LogP) is 1.26. The number of hydrogen-bond acceptors (Lipinski definition) is 3. The van der Waals surface area contributed by atoms with Gasteiger partial charge in [-0.3, -0.25) is 20.2 Å². The van der Waals surface area contributed by atoms with Gasteiger partial charge < -0.3 is 0 Å². The van der Waals surface area contributed by atoms with Gasteiger partial charge in [-0.05, 0) is 6.08 Å². The molecule has 0 aliphatic heterocycles. The monoisotopic (exact) mass is 206 g/mol. The molecule has 0 fully saturated rings. The minimum atomic E-state index is -1.23. The zero-order valence-electron chi connectivity index (χ0n) is 7.92. The first-order chi connectivity index (χ1) is 7.15. The van der Waals surface area contributed by atoms with Crippen LogP contribution in [0.5, 0.6) is 0 Å². The van der Waals surface area contributed by atoms with Crippen LogP contribution in [0.1, 0.15) is 11.7 Å². The van der Waals surface area contributed by atoms with Crippen LogP contribution in [0.15, 0.2) is 43.0 Å². The Balaban J connectivity index is 2.89. The number of nitrogens with one attached hydrogen (secondary N) is 1.